The van der Waals surface area contributed by atoms with Crippen LogP contribution >= 0.6 is 0 Å². The van der Waals surface area contributed by atoms with Gasteiger partial charge in [0.1, 0.15) is 5.60 Å². The Morgan fingerprint density at radius 1 is 1.18 bits per heavy atom. The SMILES string of the molecule is CC(C)(C)OC(=O)N1CCCCC(NC2CCS(=O)(=O)C2)C1. The molecule has 2 aliphatic rings. The Kier molecular flexibility index (Phi) is 5.37. The first-order valence-electron chi connectivity index (χ1n) is 8.09. The summed E-state index contributed by atoms with van der Waals surface area (Å²) in [6, 6.07) is 0.168. The minimum Gasteiger partial charge on any atom is -0.444 e. The highest BCUT2D eigenvalue weighted by Gasteiger charge is 2.31. The highest BCUT2D eigenvalue weighted by molar-refractivity contribution is 7.91. The standard InChI is InChI=1S/C15H28N2O4S/c1-15(2,3)21-14(18)17-8-5-4-6-12(10-17)16-13-7-9-22(19,20)11-13/h12-13,16H,4-11H2,1-3H3. The van der Waals surface area contributed by atoms with Crippen molar-refractivity contribution in [3.63, 3.8) is 0 Å². The van der Waals surface area contributed by atoms with Gasteiger partial charge >= 0.3 is 6.09 Å². The van der Waals surface area contributed by atoms with Gasteiger partial charge < -0.3 is 15.0 Å². The van der Waals surface area contributed by atoms with Crippen molar-refractivity contribution in [2.45, 2.75) is 64.1 Å². The summed E-state index contributed by atoms with van der Waals surface area (Å²) in [4.78, 5) is 14.0. The second-order valence-electron chi connectivity index (χ2n) is 7.39. The molecule has 0 radical (unpaired) electrons. The van der Waals surface area contributed by atoms with Crippen LogP contribution < -0.4 is 5.32 Å². The zero-order chi connectivity index (χ0) is 16.4. The molecular formula is C15H28N2O4S. The van der Waals surface area contributed by atoms with E-state index in [1.165, 1.54) is 0 Å². The van der Waals surface area contributed by atoms with Gasteiger partial charge in [-0.2, -0.15) is 0 Å². The summed E-state index contributed by atoms with van der Waals surface area (Å²) >= 11 is 0. The first-order chi connectivity index (χ1) is 10.1. The predicted molar refractivity (Wildman–Crippen MR) is 85.6 cm³/mol. The molecule has 2 aliphatic heterocycles. The topological polar surface area (TPSA) is 75.7 Å². The van der Waals surface area contributed by atoms with E-state index >= 15 is 0 Å². The molecule has 0 aromatic heterocycles. The fraction of sp³-hybridized carbons (Fsp3) is 0.933. The molecule has 0 spiro atoms. The molecule has 2 fully saturated rings. The van der Waals surface area contributed by atoms with Crippen LogP contribution in [0.5, 0.6) is 0 Å². The van der Waals surface area contributed by atoms with Gasteiger partial charge in [-0.05, 0) is 40.0 Å². The van der Waals surface area contributed by atoms with E-state index in [2.05, 4.69) is 5.32 Å². The summed E-state index contributed by atoms with van der Waals surface area (Å²) < 4.78 is 28.6. The molecule has 0 saturated carbocycles. The van der Waals surface area contributed by atoms with E-state index in [9.17, 15) is 13.2 Å². The molecule has 6 nitrogen and oxygen atoms in total. The molecule has 0 aromatic rings. The summed E-state index contributed by atoms with van der Waals surface area (Å²) in [5.41, 5.74) is -0.494. The van der Waals surface area contributed by atoms with Crippen molar-refractivity contribution in [1.29, 1.82) is 0 Å². The molecule has 0 aliphatic carbocycles. The Bertz CT molecular complexity index is 498. The van der Waals surface area contributed by atoms with Crippen LogP contribution in [0.1, 0.15) is 46.5 Å². The molecule has 0 aromatic carbocycles. The highest BCUT2D eigenvalue weighted by Crippen LogP contribution is 2.18. The second kappa shape index (κ2) is 6.74. The van der Waals surface area contributed by atoms with Crippen LogP contribution in [0.4, 0.5) is 4.79 Å². The van der Waals surface area contributed by atoms with Crippen LogP contribution in [0.3, 0.4) is 0 Å². The van der Waals surface area contributed by atoms with Crippen LogP contribution in [0.25, 0.3) is 0 Å². The Hall–Kier alpha value is -0.820. The molecule has 22 heavy (non-hydrogen) atoms. The number of nitrogens with one attached hydrogen (secondary N) is 1. The molecule has 2 saturated heterocycles. The third-order valence-corrected chi connectivity index (χ3v) is 5.79. The van der Waals surface area contributed by atoms with E-state index in [0.717, 1.165) is 19.3 Å². The summed E-state index contributed by atoms with van der Waals surface area (Å²) in [7, 11) is -2.88. The predicted octanol–water partition coefficient (Wildman–Crippen LogP) is 1.55. The number of likely N-dealkylation sites (tertiary alicyclic amines) is 1. The number of hydrogen-bond acceptors (Lipinski definition) is 5. The van der Waals surface area contributed by atoms with Crippen molar-refractivity contribution in [2.75, 3.05) is 24.6 Å². The molecule has 1 amide bonds. The van der Waals surface area contributed by atoms with Crippen LogP contribution in [-0.2, 0) is 14.6 Å². The average molecular weight is 332 g/mol. The number of hydrogen-bond donors (Lipinski definition) is 1. The molecule has 2 rings (SSSR count). The van der Waals surface area contributed by atoms with Crippen molar-refractivity contribution in [1.82, 2.24) is 10.2 Å². The van der Waals surface area contributed by atoms with Gasteiger partial charge in [-0.3, -0.25) is 0 Å². The largest absolute Gasteiger partial charge is 0.444 e. The third-order valence-electron chi connectivity index (χ3n) is 4.03. The average Bonchev–Trinajstić information content (AvgIpc) is 2.59. The molecule has 1 N–H and O–H groups in total. The lowest BCUT2D eigenvalue weighted by Gasteiger charge is -2.29. The quantitative estimate of drug-likeness (QED) is 0.830. The molecule has 0 bridgehead atoms. The number of ether oxygens (including phenoxy) is 1. The molecule has 7 heteroatoms. The van der Waals surface area contributed by atoms with Crippen molar-refractivity contribution in [2.24, 2.45) is 0 Å². The Balaban J connectivity index is 1.91. The van der Waals surface area contributed by atoms with Crippen molar-refractivity contribution >= 4 is 15.9 Å². The number of carbonyl (C=O) groups excluding carboxylic acids is 1. The van der Waals surface area contributed by atoms with E-state index in [4.69, 9.17) is 4.74 Å². The van der Waals surface area contributed by atoms with Gasteiger partial charge in [0.25, 0.3) is 0 Å². The van der Waals surface area contributed by atoms with Crippen LogP contribution in [-0.4, -0.2) is 61.7 Å². The first-order valence-corrected chi connectivity index (χ1v) is 9.91. The second-order valence-corrected chi connectivity index (χ2v) is 9.61. The highest BCUT2D eigenvalue weighted by atomic mass is 32.2. The number of sulfone groups is 1. The van der Waals surface area contributed by atoms with E-state index < -0.39 is 15.4 Å². The van der Waals surface area contributed by atoms with E-state index in [1.54, 1.807) is 4.90 Å². The van der Waals surface area contributed by atoms with Gasteiger partial charge in [-0.15, -0.1) is 0 Å². The lowest BCUT2D eigenvalue weighted by Crippen LogP contribution is -2.47. The maximum atomic E-state index is 12.2. The van der Waals surface area contributed by atoms with Gasteiger partial charge in [-0.1, -0.05) is 6.42 Å². The fourth-order valence-corrected chi connectivity index (χ4v) is 4.72. The van der Waals surface area contributed by atoms with Gasteiger partial charge in [0, 0.05) is 25.2 Å². The minimum atomic E-state index is -2.88. The molecule has 2 atom stereocenters. The van der Waals surface area contributed by atoms with Crippen LogP contribution in [0.15, 0.2) is 0 Å². The molecular weight excluding hydrogens is 304 g/mol. The fourth-order valence-electron chi connectivity index (χ4n) is 3.03. The smallest absolute Gasteiger partial charge is 0.410 e. The molecule has 2 unspecified atom stereocenters. The van der Waals surface area contributed by atoms with E-state index in [0.29, 0.717) is 19.5 Å². The van der Waals surface area contributed by atoms with Crippen LogP contribution in [0, 0.1) is 0 Å². The summed E-state index contributed by atoms with van der Waals surface area (Å²) in [5.74, 6) is 0.489. The first kappa shape index (κ1) is 17.5. The number of rotatable bonds is 2. The Labute approximate surface area is 133 Å². The van der Waals surface area contributed by atoms with E-state index in [1.807, 2.05) is 20.8 Å². The number of amides is 1. The zero-order valence-electron chi connectivity index (χ0n) is 13.8. The maximum Gasteiger partial charge on any atom is 0.410 e. The van der Waals surface area contributed by atoms with Gasteiger partial charge in [0.2, 0.25) is 0 Å². The third kappa shape index (κ3) is 5.43. The summed E-state index contributed by atoms with van der Waals surface area (Å²) in [5, 5.41) is 3.43. The lowest BCUT2D eigenvalue weighted by atomic mass is 10.1. The summed E-state index contributed by atoms with van der Waals surface area (Å²) in [6.45, 7) is 6.88. The lowest BCUT2D eigenvalue weighted by molar-refractivity contribution is 0.0242. The molecule has 128 valence electrons. The van der Waals surface area contributed by atoms with Crippen LogP contribution in [0.2, 0.25) is 0 Å². The van der Waals surface area contributed by atoms with Gasteiger partial charge in [0.05, 0.1) is 11.5 Å². The number of nitrogens with zero attached hydrogens (tertiary/aromatic N) is 1. The van der Waals surface area contributed by atoms with Gasteiger partial charge in [-0.25, -0.2) is 13.2 Å². The number of carbonyl (C=O) groups is 1. The Morgan fingerprint density at radius 2 is 1.91 bits per heavy atom. The van der Waals surface area contributed by atoms with Crippen molar-refractivity contribution in [3.8, 4) is 0 Å². The van der Waals surface area contributed by atoms with E-state index in [-0.39, 0.29) is 29.7 Å². The summed E-state index contributed by atoms with van der Waals surface area (Å²) in [6.07, 6.45) is 3.36. The van der Waals surface area contributed by atoms with Crippen molar-refractivity contribution < 1.29 is 17.9 Å². The monoisotopic (exact) mass is 332 g/mol. The normalized spacial score (nSPS) is 29.1. The minimum absolute atomic E-state index is 0.0218. The van der Waals surface area contributed by atoms with Crippen molar-refractivity contribution in [3.05, 3.63) is 0 Å². The Morgan fingerprint density at radius 3 is 2.50 bits per heavy atom. The molecule has 2 heterocycles. The maximum absolute atomic E-state index is 12.2. The zero-order valence-corrected chi connectivity index (χ0v) is 14.6. The van der Waals surface area contributed by atoms with Gasteiger partial charge in [0.15, 0.2) is 9.84 Å².